The molecule has 0 aliphatic rings. The molecule has 0 fully saturated rings. The lowest BCUT2D eigenvalue weighted by molar-refractivity contribution is -0.384. The molecular weight excluding hydrogens is 406 g/mol. The van der Waals surface area contributed by atoms with E-state index in [1.165, 1.54) is 18.2 Å². The third-order valence-electron chi connectivity index (χ3n) is 2.63. The lowest BCUT2D eigenvalue weighted by Crippen LogP contribution is -2.11. The predicted octanol–water partition coefficient (Wildman–Crippen LogP) is 4.38. The van der Waals surface area contributed by atoms with Crippen LogP contribution in [0.15, 0.2) is 51.4 Å². The molecular formula is C14H9Br2NO4. The second kappa shape index (κ2) is 6.82. The number of ketones is 1. The SMILES string of the molecule is O=C(COc1cc([N+](=O)[O-])ccc1Br)c1cccc(Br)c1. The Labute approximate surface area is 137 Å². The minimum atomic E-state index is -0.518. The van der Waals surface area contributed by atoms with E-state index in [-0.39, 0.29) is 23.8 Å². The monoisotopic (exact) mass is 413 g/mol. The molecule has 0 aromatic heterocycles. The first-order valence-corrected chi connectivity index (χ1v) is 7.41. The van der Waals surface area contributed by atoms with Crippen LogP contribution in [0.1, 0.15) is 10.4 Å². The molecule has 21 heavy (non-hydrogen) atoms. The van der Waals surface area contributed by atoms with Crippen LogP contribution < -0.4 is 4.74 Å². The average Bonchev–Trinajstić information content (AvgIpc) is 2.45. The van der Waals surface area contributed by atoms with E-state index in [2.05, 4.69) is 31.9 Å². The van der Waals surface area contributed by atoms with Gasteiger partial charge >= 0.3 is 0 Å². The standard InChI is InChI=1S/C14H9Br2NO4/c15-10-3-1-2-9(6-10)13(18)8-21-14-7-11(17(19)20)4-5-12(14)16/h1-7H,8H2. The number of non-ortho nitro benzene ring substituents is 1. The van der Waals surface area contributed by atoms with Crippen LogP contribution in [0, 0.1) is 10.1 Å². The van der Waals surface area contributed by atoms with Crippen molar-refractivity contribution in [3.8, 4) is 5.75 Å². The van der Waals surface area contributed by atoms with Gasteiger partial charge in [-0.05, 0) is 34.1 Å². The second-order valence-electron chi connectivity index (χ2n) is 4.09. The van der Waals surface area contributed by atoms with E-state index in [4.69, 9.17) is 4.74 Å². The zero-order valence-corrected chi connectivity index (χ0v) is 13.8. The molecule has 0 atom stereocenters. The Morgan fingerprint density at radius 2 is 1.95 bits per heavy atom. The highest BCUT2D eigenvalue weighted by Crippen LogP contribution is 2.29. The molecule has 0 amide bonds. The van der Waals surface area contributed by atoms with Crippen molar-refractivity contribution in [1.82, 2.24) is 0 Å². The fourth-order valence-corrected chi connectivity index (χ4v) is 2.37. The van der Waals surface area contributed by atoms with Crippen LogP contribution >= 0.6 is 31.9 Å². The van der Waals surface area contributed by atoms with Gasteiger partial charge in [0.1, 0.15) is 5.75 Å². The van der Waals surface area contributed by atoms with Crippen molar-refractivity contribution < 1.29 is 14.5 Å². The highest BCUT2D eigenvalue weighted by atomic mass is 79.9. The Kier molecular flexibility index (Phi) is 5.08. The van der Waals surface area contributed by atoms with Crippen molar-refractivity contribution in [2.24, 2.45) is 0 Å². The molecule has 0 N–H and O–H groups in total. The number of nitro benzene ring substituents is 1. The molecule has 108 valence electrons. The minimum Gasteiger partial charge on any atom is -0.484 e. The number of hydrogen-bond acceptors (Lipinski definition) is 4. The lowest BCUT2D eigenvalue weighted by atomic mass is 10.1. The minimum absolute atomic E-state index is 0.0943. The van der Waals surface area contributed by atoms with Gasteiger partial charge in [-0.2, -0.15) is 0 Å². The Morgan fingerprint density at radius 1 is 1.19 bits per heavy atom. The van der Waals surface area contributed by atoms with Crippen LogP contribution in [0.3, 0.4) is 0 Å². The van der Waals surface area contributed by atoms with Crippen molar-refractivity contribution in [1.29, 1.82) is 0 Å². The number of nitrogens with zero attached hydrogens (tertiary/aromatic N) is 1. The summed E-state index contributed by atoms with van der Waals surface area (Å²) in [5.74, 6) is 0.0438. The highest BCUT2D eigenvalue weighted by Gasteiger charge is 2.13. The van der Waals surface area contributed by atoms with Gasteiger partial charge < -0.3 is 4.74 Å². The van der Waals surface area contributed by atoms with Gasteiger partial charge in [0.05, 0.1) is 15.5 Å². The topological polar surface area (TPSA) is 69.4 Å². The molecule has 0 unspecified atom stereocenters. The molecule has 0 spiro atoms. The summed E-state index contributed by atoms with van der Waals surface area (Å²) in [4.78, 5) is 22.2. The van der Waals surface area contributed by atoms with E-state index in [0.29, 0.717) is 10.0 Å². The Balaban J connectivity index is 2.11. The summed E-state index contributed by atoms with van der Waals surface area (Å²) in [6, 6.07) is 11.1. The van der Waals surface area contributed by atoms with E-state index in [0.717, 1.165) is 4.47 Å². The molecule has 2 aromatic carbocycles. The fraction of sp³-hybridized carbons (Fsp3) is 0.0714. The van der Waals surface area contributed by atoms with Crippen LogP contribution in [0.25, 0.3) is 0 Å². The normalized spacial score (nSPS) is 10.2. The van der Waals surface area contributed by atoms with Crippen molar-refractivity contribution in [3.63, 3.8) is 0 Å². The highest BCUT2D eigenvalue weighted by molar-refractivity contribution is 9.10. The molecule has 0 heterocycles. The molecule has 0 saturated heterocycles. The first-order valence-electron chi connectivity index (χ1n) is 5.83. The van der Waals surface area contributed by atoms with Gasteiger partial charge in [0, 0.05) is 16.1 Å². The van der Waals surface area contributed by atoms with Crippen LogP contribution in [-0.2, 0) is 0 Å². The van der Waals surface area contributed by atoms with E-state index in [9.17, 15) is 14.9 Å². The lowest BCUT2D eigenvalue weighted by Gasteiger charge is -2.07. The molecule has 2 rings (SSSR count). The summed E-state index contributed by atoms with van der Waals surface area (Å²) in [5, 5.41) is 10.7. The zero-order valence-electron chi connectivity index (χ0n) is 10.6. The number of hydrogen-bond donors (Lipinski definition) is 0. The summed E-state index contributed by atoms with van der Waals surface area (Å²) in [5.41, 5.74) is 0.411. The summed E-state index contributed by atoms with van der Waals surface area (Å²) >= 11 is 6.52. The molecule has 0 aliphatic heterocycles. The number of rotatable bonds is 5. The summed E-state index contributed by atoms with van der Waals surface area (Å²) in [6.45, 7) is -0.198. The maximum Gasteiger partial charge on any atom is 0.273 e. The van der Waals surface area contributed by atoms with Crippen molar-refractivity contribution in [3.05, 3.63) is 67.1 Å². The van der Waals surface area contributed by atoms with Gasteiger partial charge in [0.25, 0.3) is 5.69 Å². The molecule has 0 bridgehead atoms. The quantitative estimate of drug-likeness (QED) is 0.413. The molecule has 7 heteroatoms. The third kappa shape index (κ3) is 4.12. The third-order valence-corrected chi connectivity index (χ3v) is 3.78. The van der Waals surface area contributed by atoms with Gasteiger partial charge in [0.2, 0.25) is 0 Å². The van der Waals surface area contributed by atoms with E-state index in [1.54, 1.807) is 18.2 Å². The zero-order chi connectivity index (χ0) is 15.4. The van der Waals surface area contributed by atoms with E-state index in [1.807, 2.05) is 6.07 Å². The predicted molar refractivity (Wildman–Crippen MR) is 84.8 cm³/mol. The molecule has 0 aliphatic carbocycles. The van der Waals surface area contributed by atoms with Gasteiger partial charge in [-0.1, -0.05) is 28.1 Å². The number of Topliss-reactive ketones (excluding diaryl/α,β-unsaturated/α-hetero) is 1. The Hall–Kier alpha value is -1.73. The van der Waals surface area contributed by atoms with Crippen molar-refractivity contribution in [2.45, 2.75) is 0 Å². The van der Waals surface area contributed by atoms with Crippen LogP contribution in [0.5, 0.6) is 5.75 Å². The maximum atomic E-state index is 12.0. The maximum absolute atomic E-state index is 12.0. The Morgan fingerprint density at radius 3 is 2.62 bits per heavy atom. The number of ether oxygens (including phenoxy) is 1. The van der Waals surface area contributed by atoms with Crippen molar-refractivity contribution in [2.75, 3.05) is 6.61 Å². The summed E-state index contributed by atoms with van der Waals surface area (Å²) in [6.07, 6.45) is 0. The van der Waals surface area contributed by atoms with Gasteiger partial charge in [-0.15, -0.1) is 0 Å². The van der Waals surface area contributed by atoms with Crippen LogP contribution in [0.2, 0.25) is 0 Å². The summed E-state index contributed by atoms with van der Waals surface area (Å²) < 4.78 is 6.71. The largest absolute Gasteiger partial charge is 0.484 e. The molecule has 5 nitrogen and oxygen atoms in total. The van der Waals surface area contributed by atoms with Gasteiger partial charge in [-0.25, -0.2) is 0 Å². The smallest absolute Gasteiger partial charge is 0.273 e. The number of carbonyl (C=O) groups is 1. The molecule has 0 radical (unpaired) electrons. The average molecular weight is 415 g/mol. The van der Waals surface area contributed by atoms with Crippen LogP contribution in [0.4, 0.5) is 5.69 Å². The number of carbonyl (C=O) groups excluding carboxylic acids is 1. The molecule has 2 aromatic rings. The van der Waals surface area contributed by atoms with E-state index < -0.39 is 4.92 Å². The van der Waals surface area contributed by atoms with Crippen LogP contribution in [-0.4, -0.2) is 17.3 Å². The van der Waals surface area contributed by atoms with E-state index >= 15 is 0 Å². The van der Waals surface area contributed by atoms with Gasteiger partial charge in [-0.3, -0.25) is 14.9 Å². The van der Waals surface area contributed by atoms with Gasteiger partial charge in [0.15, 0.2) is 12.4 Å². The Bertz CT molecular complexity index is 703. The second-order valence-corrected chi connectivity index (χ2v) is 5.86. The first kappa shape index (κ1) is 15.7. The number of halogens is 2. The molecule has 0 saturated carbocycles. The first-order chi connectivity index (χ1) is 9.97. The fourth-order valence-electron chi connectivity index (χ4n) is 1.60. The van der Waals surface area contributed by atoms with Crippen molar-refractivity contribution >= 4 is 43.3 Å². The number of nitro groups is 1. The number of benzene rings is 2. The summed E-state index contributed by atoms with van der Waals surface area (Å²) in [7, 11) is 0.